The lowest BCUT2D eigenvalue weighted by atomic mass is 9.85. The Morgan fingerprint density at radius 1 is 1.15 bits per heavy atom. The third-order valence-electron chi connectivity index (χ3n) is 4.80. The van der Waals surface area contributed by atoms with Crippen molar-refractivity contribution >= 4 is 11.6 Å². The van der Waals surface area contributed by atoms with Crippen molar-refractivity contribution < 1.29 is 23.8 Å². The van der Waals surface area contributed by atoms with Crippen molar-refractivity contribution in [2.45, 2.75) is 38.5 Å². The molecule has 0 fully saturated rings. The summed E-state index contributed by atoms with van der Waals surface area (Å²) in [6.07, 6.45) is -0.937. The number of fused-ring (bicyclic) bond motifs is 1. The summed E-state index contributed by atoms with van der Waals surface area (Å²) >= 11 is 0. The molecule has 0 saturated heterocycles. The van der Waals surface area contributed by atoms with Crippen LogP contribution in [-0.2, 0) is 0 Å². The minimum atomic E-state index is -0.937. The van der Waals surface area contributed by atoms with Crippen molar-refractivity contribution in [3.05, 3.63) is 65.0 Å². The van der Waals surface area contributed by atoms with Gasteiger partial charge in [0.25, 0.3) is 0 Å². The Bertz CT molecular complexity index is 876. The molecule has 0 spiro atoms. The highest BCUT2D eigenvalue weighted by molar-refractivity contribution is 5.97. The standard InChI is InChI=1S/C21H22FNO4/c1-12(24)14-6-9-18-16(10-14)19(20(26)21(2,3)27-18)23-11-17(25)13-4-7-15(22)8-5-13/h4-10,19-20,23,26H,11H2,1-3H3/t19-,20+/m0/s1. The van der Waals surface area contributed by atoms with Gasteiger partial charge in [-0.15, -0.1) is 0 Å². The van der Waals surface area contributed by atoms with Gasteiger partial charge in [-0.2, -0.15) is 0 Å². The first-order valence-corrected chi connectivity index (χ1v) is 8.73. The maximum absolute atomic E-state index is 13.0. The average Bonchev–Trinajstić information content (AvgIpc) is 2.62. The van der Waals surface area contributed by atoms with E-state index >= 15 is 0 Å². The van der Waals surface area contributed by atoms with Gasteiger partial charge in [0, 0.05) is 16.7 Å². The quantitative estimate of drug-likeness (QED) is 0.790. The smallest absolute Gasteiger partial charge is 0.176 e. The largest absolute Gasteiger partial charge is 0.485 e. The van der Waals surface area contributed by atoms with Gasteiger partial charge < -0.3 is 15.2 Å². The number of ether oxygens (including phenoxy) is 1. The molecule has 142 valence electrons. The van der Waals surface area contributed by atoms with Gasteiger partial charge in [0.05, 0.1) is 12.6 Å². The number of halogens is 1. The lowest BCUT2D eigenvalue weighted by Crippen LogP contribution is -2.53. The van der Waals surface area contributed by atoms with E-state index < -0.39 is 23.6 Å². The summed E-state index contributed by atoms with van der Waals surface area (Å²) in [5.74, 6) is -0.178. The number of hydrogen-bond acceptors (Lipinski definition) is 5. The van der Waals surface area contributed by atoms with Crippen LogP contribution in [0, 0.1) is 5.82 Å². The molecule has 5 nitrogen and oxygen atoms in total. The van der Waals surface area contributed by atoms with E-state index in [-0.39, 0.29) is 18.1 Å². The minimum absolute atomic E-state index is 0.0484. The number of benzene rings is 2. The molecule has 0 saturated carbocycles. The van der Waals surface area contributed by atoms with Crippen LogP contribution < -0.4 is 10.1 Å². The van der Waals surface area contributed by atoms with Crippen LogP contribution in [0.4, 0.5) is 4.39 Å². The molecule has 2 atom stereocenters. The van der Waals surface area contributed by atoms with Gasteiger partial charge in [0.15, 0.2) is 11.6 Å². The number of aliphatic hydroxyl groups excluding tert-OH is 1. The maximum atomic E-state index is 13.0. The Hall–Kier alpha value is -2.57. The molecule has 2 aromatic carbocycles. The van der Waals surface area contributed by atoms with Crippen LogP contribution in [-0.4, -0.2) is 34.9 Å². The van der Waals surface area contributed by atoms with Gasteiger partial charge in [-0.25, -0.2) is 4.39 Å². The normalized spacial score (nSPS) is 20.5. The number of hydrogen-bond donors (Lipinski definition) is 2. The van der Waals surface area contributed by atoms with E-state index in [0.717, 1.165) is 0 Å². The third-order valence-corrected chi connectivity index (χ3v) is 4.80. The number of rotatable bonds is 5. The molecule has 1 aliphatic heterocycles. The molecular formula is C21H22FNO4. The van der Waals surface area contributed by atoms with Gasteiger partial charge in [-0.05, 0) is 63.2 Å². The predicted molar refractivity (Wildman–Crippen MR) is 98.6 cm³/mol. The molecule has 2 aromatic rings. The molecule has 27 heavy (non-hydrogen) atoms. The van der Waals surface area contributed by atoms with Gasteiger partial charge in [-0.3, -0.25) is 9.59 Å². The fourth-order valence-corrected chi connectivity index (χ4v) is 3.18. The SMILES string of the molecule is CC(=O)c1ccc2c(c1)[C@H](NCC(=O)c1ccc(F)cc1)[C@@H](O)C(C)(C)O2. The zero-order chi connectivity index (χ0) is 19.8. The molecule has 0 aromatic heterocycles. The Labute approximate surface area is 157 Å². The zero-order valence-corrected chi connectivity index (χ0v) is 15.5. The van der Waals surface area contributed by atoms with Gasteiger partial charge >= 0.3 is 0 Å². The predicted octanol–water partition coefficient (Wildman–Crippen LogP) is 3.07. The topological polar surface area (TPSA) is 75.6 Å². The zero-order valence-electron chi connectivity index (χ0n) is 15.5. The van der Waals surface area contributed by atoms with Gasteiger partial charge in [0.2, 0.25) is 0 Å². The second kappa shape index (κ2) is 7.21. The molecule has 0 radical (unpaired) electrons. The maximum Gasteiger partial charge on any atom is 0.176 e. The lowest BCUT2D eigenvalue weighted by Gasteiger charge is -2.42. The minimum Gasteiger partial charge on any atom is -0.485 e. The van der Waals surface area contributed by atoms with Gasteiger partial charge in [0.1, 0.15) is 23.3 Å². The van der Waals surface area contributed by atoms with E-state index in [0.29, 0.717) is 22.4 Å². The second-order valence-electron chi connectivity index (χ2n) is 7.25. The van der Waals surface area contributed by atoms with Crippen LogP contribution in [0.2, 0.25) is 0 Å². The molecule has 1 aliphatic rings. The van der Waals surface area contributed by atoms with Crippen LogP contribution >= 0.6 is 0 Å². The summed E-state index contributed by atoms with van der Waals surface area (Å²) < 4.78 is 18.9. The van der Waals surface area contributed by atoms with Crippen LogP contribution in [0.5, 0.6) is 5.75 Å². The summed E-state index contributed by atoms with van der Waals surface area (Å²) in [4.78, 5) is 24.1. The first-order valence-electron chi connectivity index (χ1n) is 8.73. The molecule has 0 bridgehead atoms. The second-order valence-corrected chi connectivity index (χ2v) is 7.25. The van der Waals surface area contributed by atoms with Crippen LogP contribution in [0.25, 0.3) is 0 Å². The molecule has 0 aliphatic carbocycles. The fourth-order valence-electron chi connectivity index (χ4n) is 3.18. The molecular weight excluding hydrogens is 349 g/mol. The van der Waals surface area contributed by atoms with Crippen LogP contribution in [0.15, 0.2) is 42.5 Å². The van der Waals surface area contributed by atoms with Crippen molar-refractivity contribution in [1.82, 2.24) is 5.32 Å². The summed E-state index contributed by atoms with van der Waals surface area (Å²) in [7, 11) is 0. The lowest BCUT2D eigenvalue weighted by molar-refractivity contribution is -0.0640. The summed E-state index contributed by atoms with van der Waals surface area (Å²) in [6, 6.07) is 9.77. The highest BCUT2D eigenvalue weighted by atomic mass is 19.1. The first-order chi connectivity index (χ1) is 12.7. The number of aliphatic hydroxyl groups is 1. The first kappa shape index (κ1) is 19.2. The van der Waals surface area contributed by atoms with E-state index in [2.05, 4.69) is 5.32 Å². The summed E-state index contributed by atoms with van der Waals surface area (Å²) in [5.41, 5.74) is 0.631. The van der Waals surface area contributed by atoms with Gasteiger partial charge in [-0.1, -0.05) is 0 Å². The number of Topliss-reactive ketones (excluding diaryl/α,β-unsaturated/α-hetero) is 2. The number of carbonyl (C=O) groups excluding carboxylic acids is 2. The van der Waals surface area contributed by atoms with Crippen LogP contribution in [0.1, 0.15) is 53.1 Å². The molecule has 6 heteroatoms. The van der Waals surface area contributed by atoms with E-state index in [1.807, 2.05) is 0 Å². The Morgan fingerprint density at radius 3 is 2.41 bits per heavy atom. The number of nitrogens with one attached hydrogen (secondary N) is 1. The number of carbonyl (C=O) groups is 2. The van der Waals surface area contributed by atoms with Crippen molar-refractivity contribution in [2.24, 2.45) is 0 Å². The Kier molecular flexibility index (Phi) is 5.13. The highest BCUT2D eigenvalue weighted by Crippen LogP contribution is 2.40. The average molecular weight is 371 g/mol. The monoisotopic (exact) mass is 371 g/mol. The van der Waals surface area contributed by atoms with Crippen molar-refractivity contribution in [2.75, 3.05) is 6.54 Å². The molecule has 1 heterocycles. The third kappa shape index (κ3) is 3.91. The van der Waals surface area contributed by atoms with Crippen molar-refractivity contribution in [1.29, 1.82) is 0 Å². The summed E-state index contributed by atoms with van der Waals surface area (Å²) in [5, 5.41) is 13.8. The highest BCUT2D eigenvalue weighted by Gasteiger charge is 2.43. The van der Waals surface area contributed by atoms with E-state index in [1.165, 1.54) is 31.2 Å². The Balaban J connectivity index is 1.86. The molecule has 3 rings (SSSR count). The molecule has 0 unspecified atom stereocenters. The van der Waals surface area contributed by atoms with E-state index in [1.54, 1.807) is 32.0 Å². The molecule has 2 N–H and O–H groups in total. The molecule has 0 amide bonds. The van der Waals surface area contributed by atoms with E-state index in [4.69, 9.17) is 4.74 Å². The van der Waals surface area contributed by atoms with Crippen LogP contribution in [0.3, 0.4) is 0 Å². The van der Waals surface area contributed by atoms with Crippen molar-refractivity contribution in [3.63, 3.8) is 0 Å². The number of ketones is 2. The fraction of sp³-hybridized carbons (Fsp3) is 0.333. The van der Waals surface area contributed by atoms with E-state index in [9.17, 15) is 19.1 Å². The summed E-state index contributed by atoms with van der Waals surface area (Å²) in [6.45, 7) is 4.94. The Morgan fingerprint density at radius 2 is 1.78 bits per heavy atom. The van der Waals surface area contributed by atoms with Crippen molar-refractivity contribution in [3.8, 4) is 5.75 Å².